The monoisotopic (exact) mass is 445 g/mol. The lowest BCUT2D eigenvalue weighted by molar-refractivity contribution is 0.282. The van der Waals surface area contributed by atoms with Crippen molar-refractivity contribution >= 4 is 39.1 Å². The van der Waals surface area contributed by atoms with Crippen LogP contribution in [0.2, 0.25) is 10.0 Å². The Morgan fingerprint density at radius 1 is 1.20 bits per heavy atom. The fourth-order valence-corrected chi connectivity index (χ4v) is 3.31. The molecule has 1 unspecified atom stereocenters. The van der Waals surface area contributed by atoms with Crippen LogP contribution < -0.4 is 14.8 Å². The minimum absolute atomic E-state index is 0.329. The minimum atomic E-state index is 0.329. The van der Waals surface area contributed by atoms with Gasteiger partial charge in [-0.2, -0.15) is 0 Å². The molecule has 136 valence electrons. The number of hydrogen-bond acceptors (Lipinski definition) is 3. The molecule has 2 aromatic rings. The van der Waals surface area contributed by atoms with Crippen LogP contribution in [0.4, 0.5) is 0 Å². The maximum atomic E-state index is 6.20. The Hall–Kier alpha value is -0.940. The van der Waals surface area contributed by atoms with Crippen LogP contribution in [0.25, 0.3) is 0 Å². The molecule has 0 spiro atoms. The number of halogens is 3. The van der Waals surface area contributed by atoms with E-state index in [1.807, 2.05) is 18.2 Å². The second-order valence-corrected chi connectivity index (χ2v) is 7.52. The van der Waals surface area contributed by atoms with Crippen LogP contribution in [0.5, 0.6) is 11.5 Å². The van der Waals surface area contributed by atoms with Crippen molar-refractivity contribution in [2.75, 3.05) is 7.11 Å². The molecule has 0 radical (unpaired) electrons. The van der Waals surface area contributed by atoms with Gasteiger partial charge in [0.1, 0.15) is 6.61 Å². The van der Waals surface area contributed by atoms with E-state index in [1.54, 1.807) is 19.2 Å². The molecule has 0 saturated carbocycles. The Balaban J connectivity index is 2.14. The first-order valence-electron chi connectivity index (χ1n) is 8.11. The summed E-state index contributed by atoms with van der Waals surface area (Å²) in [4.78, 5) is 0. The van der Waals surface area contributed by atoms with Crippen molar-refractivity contribution in [1.29, 1.82) is 0 Å². The zero-order valence-corrected chi connectivity index (χ0v) is 17.6. The van der Waals surface area contributed by atoms with Crippen LogP contribution >= 0.6 is 39.1 Å². The van der Waals surface area contributed by atoms with Crippen molar-refractivity contribution in [3.63, 3.8) is 0 Å². The first kappa shape index (κ1) is 20.4. The molecule has 0 bridgehead atoms. The minimum Gasteiger partial charge on any atom is -0.493 e. The molecule has 0 aromatic heterocycles. The Kier molecular flexibility index (Phi) is 7.88. The predicted molar refractivity (Wildman–Crippen MR) is 108 cm³/mol. The molecule has 3 nitrogen and oxygen atoms in total. The lowest BCUT2D eigenvalue weighted by atomic mass is 10.1. The van der Waals surface area contributed by atoms with Gasteiger partial charge in [0, 0.05) is 28.2 Å². The molecule has 0 aliphatic heterocycles. The van der Waals surface area contributed by atoms with Gasteiger partial charge in [-0.1, -0.05) is 36.2 Å². The fourth-order valence-electron chi connectivity index (χ4n) is 2.24. The zero-order chi connectivity index (χ0) is 18.4. The standard InChI is InChI=1S/C19H22BrCl2NO2/c1-4-12(2)23-10-13-7-16(20)19(18(8-13)24-3)25-11-14-5-6-15(21)9-17(14)22/h5-9,12,23H,4,10-11H2,1-3H3. The highest BCUT2D eigenvalue weighted by molar-refractivity contribution is 9.10. The Labute approximate surface area is 167 Å². The quantitative estimate of drug-likeness (QED) is 0.521. The van der Waals surface area contributed by atoms with Crippen LogP contribution in [0.15, 0.2) is 34.8 Å². The highest BCUT2D eigenvalue weighted by Gasteiger charge is 2.13. The Morgan fingerprint density at radius 3 is 2.60 bits per heavy atom. The number of hydrogen-bond donors (Lipinski definition) is 1. The molecule has 1 atom stereocenters. The zero-order valence-electron chi connectivity index (χ0n) is 14.5. The van der Waals surface area contributed by atoms with E-state index in [0.717, 1.165) is 28.6 Å². The van der Waals surface area contributed by atoms with E-state index in [9.17, 15) is 0 Å². The predicted octanol–water partition coefficient (Wildman–Crippen LogP) is 6.23. The first-order chi connectivity index (χ1) is 11.9. The summed E-state index contributed by atoms with van der Waals surface area (Å²) < 4.78 is 12.3. The summed E-state index contributed by atoms with van der Waals surface area (Å²) >= 11 is 15.7. The van der Waals surface area contributed by atoms with Gasteiger partial charge in [0.2, 0.25) is 0 Å². The summed E-state index contributed by atoms with van der Waals surface area (Å²) in [6, 6.07) is 9.85. The Bertz CT molecular complexity index is 725. The third-order valence-corrected chi connectivity index (χ3v) is 5.12. The van der Waals surface area contributed by atoms with E-state index in [2.05, 4.69) is 35.1 Å². The third kappa shape index (κ3) is 5.78. The Morgan fingerprint density at radius 2 is 1.96 bits per heavy atom. The maximum absolute atomic E-state index is 6.20. The van der Waals surface area contributed by atoms with Gasteiger partial charge in [-0.05, 0) is 59.1 Å². The molecule has 25 heavy (non-hydrogen) atoms. The summed E-state index contributed by atoms with van der Waals surface area (Å²) in [6.45, 7) is 5.43. The van der Waals surface area contributed by atoms with Gasteiger partial charge in [0.15, 0.2) is 11.5 Å². The highest BCUT2D eigenvalue weighted by Crippen LogP contribution is 2.37. The number of ether oxygens (including phenoxy) is 2. The molecule has 0 amide bonds. The van der Waals surface area contributed by atoms with E-state index in [4.69, 9.17) is 32.7 Å². The van der Waals surface area contributed by atoms with Crippen molar-refractivity contribution in [3.05, 3.63) is 56.0 Å². The van der Waals surface area contributed by atoms with E-state index in [1.165, 1.54) is 0 Å². The first-order valence-corrected chi connectivity index (χ1v) is 9.66. The SMILES string of the molecule is CCC(C)NCc1cc(Br)c(OCc2ccc(Cl)cc2Cl)c(OC)c1. The number of methoxy groups -OCH3 is 1. The largest absolute Gasteiger partial charge is 0.493 e. The lowest BCUT2D eigenvalue weighted by Crippen LogP contribution is -2.24. The number of nitrogens with one attached hydrogen (secondary N) is 1. The van der Waals surface area contributed by atoms with E-state index < -0.39 is 0 Å². The van der Waals surface area contributed by atoms with Crippen LogP contribution in [-0.2, 0) is 13.2 Å². The van der Waals surface area contributed by atoms with Crippen LogP contribution in [0.1, 0.15) is 31.4 Å². The second kappa shape index (κ2) is 9.67. The van der Waals surface area contributed by atoms with Crippen LogP contribution in [-0.4, -0.2) is 13.2 Å². The molecule has 0 aliphatic rings. The highest BCUT2D eigenvalue weighted by atomic mass is 79.9. The van der Waals surface area contributed by atoms with Gasteiger partial charge in [0.05, 0.1) is 11.6 Å². The summed E-state index contributed by atoms with van der Waals surface area (Å²) in [5.74, 6) is 1.33. The number of benzene rings is 2. The summed E-state index contributed by atoms with van der Waals surface area (Å²) in [5.41, 5.74) is 1.99. The summed E-state index contributed by atoms with van der Waals surface area (Å²) in [6.07, 6.45) is 1.08. The molecular weight excluding hydrogens is 425 g/mol. The molecule has 0 heterocycles. The van der Waals surface area contributed by atoms with Crippen LogP contribution in [0.3, 0.4) is 0 Å². The maximum Gasteiger partial charge on any atom is 0.175 e. The molecule has 0 saturated heterocycles. The van der Waals surface area contributed by atoms with E-state index >= 15 is 0 Å². The average Bonchev–Trinajstić information content (AvgIpc) is 2.59. The van der Waals surface area contributed by atoms with Crippen molar-refractivity contribution in [1.82, 2.24) is 5.32 Å². The molecule has 6 heteroatoms. The van der Waals surface area contributed by atoms with Crippen LogP contribution in [0, 0.1) is 0 Å². The van der Waals surface area contributed by atoms with Gasteiger partial charge in [-0.3, -0.25) is 0 Å². The molecule has 2 rings (SSSR count). The summed E-state index contributed by atoms with van der Waals surface area (Å²) in [7, 11) is 1.63. The van der Waals surface area contributed by atoms with Crippen molar-refractivity contribution in [3.8, 4) is 11.5 Å². The molecular formula is C19H22BrCl2NO2. The second-order valence-electron chi connectivity index (χ2n) is 5.82. The molecule has 1 N–H and O–H groups in total. The van der Waals surface area contributed by atoms with E-state index in [-0.39, 0.29) is 0 Å². The number of rotatable bonds is 8. The third-order valence-electron chi connectivity index (χ3n) is 3.94. The van der Waals surface area contributed by atoms with Crippen molar-refractivity contribution in [2.45, 2.75) is 39.5 Å². The molecule has 0 aliphatic carbocycles. The van der Waals surface area contributed by atoms with Gasteiger partial charge in [0.25, 0.3) is 0 Å². The van der Waals surface area contributed by atoms with Gasteiger partial charge in [-0.15, -0.1) is 0 Å². The summed E-state index contributed by atoms with van der Waals surface area (Å²) in [5, 5.41) is 4.65. The average molecular weight is 447 g/mol. The van der Waals surface area contributed by atoms with Gasteiger partial charge in [-0.25, -0.2) is 0 Å². The van der Waals surface area contributed by atoms with E-state index in [0.29, 0.717) is 34.2 Å². The van der Waals surface area contributed by atoms with Crippen molar-refractivity contribution in [2.24, 2.45) is 0 Å². The van der Waals surface area contributed by atoms with Gasteiger partial charge < -0.3 is 14.8 Å². The normalized spacial score (nSPS) is 12.1. The molecule has 0 fully saturated rings. The van der Waals surface area contributed by atoms with Crippen molar-refractivity contribution < 1.29 is 9.47 Å². The topological polar surface area (TPSA) is 30.5 Å². The lowest BCUT2D eigenvalue weighted by Gasteiger charge is -2.16. The fraction of sp³-hybridized carbons (Fsp3) is 0.368. The van der Waals surface area contributed by atoms with Gasteiger partial charge >= 0.3 is 0 Å². The molecule has 2 aromatic carbocycles. The smallest absolute Gasteiger partial charge is 0.175 e.